The molecule has 1 N–H and O–H groups in total. The number of benzene rings is 2. The van der Waals surface area contributed by atoms with E-state index in [1.54, 1.807) is 32.2 Å². The zero-order chi connectivity index (χ0) is 27.5. The Hall–Kier alpha value is -3.14. The molecule has 0 saturated carbocycles. The predicted molar refractivity (Wildman–Crippen MR) is 152 cm³/mol. The molecule has 0 aliphatic heterocycles. The smallest absolute Gasteiger partial charge is 0.244 e. The molecule has 0 spiro atoms. The van der Waals surface area contributed by atoms with Crippen molar-refractivity contribution in [3.05, 3.63) is 77.5 Å². The first-order valence-corrected chi connectivity index (χ1v) is 14.5. The fraction of sp³-hybridized carbons (Fsp3) is 0.414. The van der Waals surface area contributed by atoms with Gasteiger partial charge in [0.25, 0.3) is 0 Å². The number of anilines is 1. The summed E-state index contributed by atoms with van der Waals surface area (Å²) in [6.07, 6.45) is 1.43. The first-order valence-electron chi connectivity index (χ1n) is 13.1. The normalized spacial score (nSPS) is 11.7. The van der Waals surface area contributed by atoms with Crippen molar-refractivity contribution in [3.63, 3.8) is 0 Å². The van der Waals surface area contributed by atoms with Crippen LogP contribution in [0.15, 0.2) is 65.7 Å². The van der Waals surface area contributed by atoms with E-state index in [4.69, 9.17) is 9.47 Å². The van der Waals surface area contributed by atoms with Crippen molar-refractivity contribution in [2.75, 3.05) is 45.2 Å². The highest BCUT2D eigenvalue weighted by Crippen LogP contribution is 2.26. The van der Waals surface area contributed by atoms with Gasteiger partial charge in [-0.25, -0.2) is 13.4 Å². The van der Waals surface area contributed by atoms with Crippen LogP contribution in [0, 0.1) is 6.92 Å². The molecule has 0 bridgehead atoms. The maximum Gasteiger partial charge on any atom is 0.244 e. The Morgan fingerprint density at radius 3 is 2.18 bits per heavy atom. The highest BCUT2D eigenvalue weighted by Gasteiger charge is 2.25. The molecule has 0 amide bonds. The lowest BCUT2D eigenvalue weighted by molar-refractivity contribution is 0.263. The van der Waals surface area contributed by atoms with Gasteiger partial charge < -0.3 is 14.8 Å². The van der Waals surface area contributed by atoms with Crippen LogP contribution in [0.25, 0.3) is 0 Å². The van der Waals surface area contributed by atoms with E-state index < -0.39 is 10.0 Å². The van der Waals surface area contributed by atoms with E-state index in [0.717, 1.165) is 25.2 Å². The summed E-state index contributed by atoms with van der Waals surface area (Å²) in [5.74, 6) is 1.82. The van der Waals surface area contributed by atoms with Gasteiger partial charge in [-0.05, 0) is 54.9 Å². The number of hydrogen-bond donors (Lipinski definition) is 1. The SMILES string of the molecule is CCN(CC)Cc1ccc(CNc2cc(C)c(S(=O)(=O)N(CC)CCOc3ccccc3OC)cn2)cc1. The molecule has 0 saturated heterocycles. The number of ether oxygens (including phenoxy) is 2. The molecule has 0 fully saturated rings. The standard InChI is InChI=1S/C29H40N4O4S/c1-6-32(7-2)22-25-15-13-24(14-16-25)20-30-29-19-23(4)28(21-31-29)38(34,35)33(8-3)17-18-37-27-12-10-9-11-26(27)36-5/h9-16,19,21H,6-8,17-18,20,22H2,1-5H3,(H,30,31). The lowest BCUT2D eigenvalue weighted by atomic mass is 10.1. The molecule has 3 rings (SSSR count). The Kier molecular flexibility index (Phi) is 10.9. The number of sulfonamides is 1. The minimum Gasteiger partial charge on any atom is -0.493 e. The minimum absolute atomic E-state index is 0.197. The summed E-state index contributed by atoms with van der Waals surface area (Å²) in [6.45, 7) is 12.3. The molecule has 0 radical (unpaired) electrons. The van der Waals surface area contributed by atoms with Crippen LogP contribution in [0.5, 0.6) is 11.5 Å². The van der Waals surface area contributed by atoms with Gasteiger partial charge in [-0.3, -0.25) is 4.90 Å². The number of aromatic nitrogens is 1. The van der Waals surface area contributed by atoms with Crippen LogP contribution < -0.4 is 14.8 Å². The molecule has 0 aliphatic carbocycles. The van der Waals surface area contributed by atoms with Gasteiger partial charge in [-0.2, -0.15) is 4.31 Å². The second-order valence-electron chi connectivity index (χ2n) is 8.96. The van der Waals surface area contributed by atoms with E-state index in [2.05, 4.69) is 53.3 Å². The van der Waals surface area contributed by atoms with Crippen molar-refractivity contribution in [1.82, 2.24) is 14.2 Å². The fourth-order valence-electron chi connectivity index (χ4n) is 4.15. The van der Waals surface area contributed by atoms with Gasteiger partial charge in [0.1, 0.15) is 17.3 Å². The lowest BCUT2D eigenvalue weighted by Crippen LogP contribution is -2.35. The summed E-state index contributed by atoms with van der Waals surface area (Å²) < 4.78 is 39.2. The largest absolute Gasteiger partial charge is 0.493 e. The Balaban J connectivity index is 1.60. The van der Waals surface area contributed by atoms with E-state index >= 15 is 0 Å². The third-order valence-electron chi connectivity index (χ3n) is 6.50. The maximum atomic E-state index is 13.4. The lowest BCUT2D eigenvalue weighted by Gasteiger charge is -2.22. The molecule has 38 heavy (non-hydrogen) atoms. The third-order valence-corrected chi connectivity index (χ3v) is 8.60. The van der Waals surface area contributed by atoms with Crippen molar-refractivity contribution >= 4 is 15.8 Å². The van der Waals surface area contributed by atoms with Crippen molar-refractivity contribution in [2.24, 2.45) is 0 Å². The monoisotopic (exact) mass is 540 g/mol. The van der Waals surface area contributed by atoms with Gasteiger partial charge >= 0.3 is 0 Å². The zero-order valence-corrected chi connectivity index (χ0v) is 23.9. The Bertz CT molecular complexity index is 1260. The highest BCUT2D eigenvalue weighted by atomic mass is 32.2. The molecular weight excluding hydrogens is 500 g/mol. The molecule has 0 atom stereocenters. The van der Waals surface area contributed by atoms with Gasteiger partial charge in [0, 0.05) is 32.4 Å². The molecule has 9 heteroatoms. The van der Waals surface area contributed by atoms with Crippen LogP contribution in [0.4, 0.5) is 5.82 Å². The summed E-state index contributed by atoms with van der Waals surface area (Å²) in [5, 5.41) is 3.31. The van der Waals surface area contributed by atoms with Crippen LogP contribution >= 0.6 is 0 Å². The van der Waals surface area contributed by atoms with E-state index in [9.17, 15) is 8.42 Å². The molecule has 8 nitrogen and oxygen atoms in total. The van der Waals surface area contributed by atoms with Crippen LogP contribution in [-0.2, 0) is 23.1 Å². The quantitative estimate of drug-likeness (QED) is 0.292. The first kappa shape index (κ1) is 29.4. The molecule has 0 unspecified atom stereocenters. The first-order chi connectivity index (χ1) is 18.3. The summed E-state index contributed by atoms with van der Waals surface area (Å²) in [6, 6.07) is 17.6. The summed E-state index contributed by atoms with van der Waals surface area (Å²) >= 11 is 0. The topological polar surface area (TPSA) is 84.0 Å². The third kappa shape index (κ3) is 7.69. The van der Waals surface area contributed by atoms with Gasteiger partial charge in [-0.15, -0.1) is 0 Å². The number of rotatable bonds is 15. The number of pyridine rings is 1. The second kappa shape index (κ2) is 14.1. The number of methoxy groups -OCH3 is 1. The molecule has 0 aliphatic rings. The van der Waals surface area contributed by atoms with Crippen LogP contribution in [0.1, 0.15) is 37.5 Å². The predicted octanol–water partition coefficient (Wildman–Crippen LogP) is 4.94. The number of likely N-dealkylation sites (N-methyl/N-ethyl adjacent to an activating group) is 1. The average Bonchev–Trinajstić information content (AvgIpc) is 2.93. The van der Waals surface area contributed by atoms with Crippen molar-refractivity contribution < 1.29 is 17.9 Å². The summed E-state index contributed by atoms with van der Waals surface area (Å²) in [4.78, 5) is 6.97. The molecular formula is C29H40N4O4S. The van der Waals surface area contributed by atoms with Crippen molar-refractivity contribution in [2.45, 2.75) is 45.7 Å². The Labute approximate surface area is 227 Å². The number of para-hydroxylation sites is 2. The number of nitrogens with one attached hydrogen (secondary N) is 1. The number of hydrogen-bond acceptors (Lipinski definition) is 7. The fourth-order valence-corrected chi connectivity index (χ4v) is 5.74. The molecule has 206 valence electrons. The van der Waals surface area contributed by atoms with Crippen LogP contribution in [0.2, 0.25) is 0 Å². The zero-order valence-electron chi connectivity index (χ0n) is 23.1. The van der Waals surface area contributed by atoms with Crippen LogP contribution in [-0.4, -0.2) is 62.5 Å². The maximum absolute atomic E-state index is 13.4. The van der Waals surface area contributed by atoms with Crippen molar-refractivity contribution in [1.29, 1.82) is 0 Å². The molecule has 3 aromatic rings. The second-order valence-corrected chi connectivity index (χ2v) is 10.9. The number of aryl methyl sites for hydroxylation is 1. The molecule has 2 aromatic carbocycles. The van der Waals surface area contributed by atoms with Gasteiger partial charge in [0.05, 0.1) is 7.11 Å². The Morgan fingerprint density at radius 1 is 0.921 bits per heavy atom. The molecule has 1 heterocycles. The molecule has 1 aromatic heterocycles. The number of nitrogens with zero attached hydrogens (tertiary/aromatic N) is 3. The summed E-state index contributed by atoms with van der Waals surface area (Å²) in [7, 11) is -2.15. The summed E-state index contributed by atoms with van der Waals surface area (Å²) in [5.41, 5.74) is 3.06. The average molecular weight is 541 g/mol. The van der Waals surface area contributed by atoms with Gasteiger partial charge in [0.2, 0.25) is 10.0 Å². The van der Waals surface area contributed by atoms with E-state index in [1.165, 1.54) is 16.1 Å². The van der Waals surface area contributed by atoms with Crippen molar-refractivity contribution in [3.8, 4) is 11.5 Å². The van der Waals surface area contributed by atoms with Crippen LogP contribution in [0.3, 0.4) is 0 Å². The van der Waals surface area contributed by atoms with E-state index in [1.807, 2.05) is 19.1 Å². The van der Waals surface area contributed by atoms with Gasteiger partial charge in [0.15, 0.2) is 11.5 Å². The van der Waals surface area contributed by atoms with Gasteiger partial charge in [-0.1, -0.05) is 57.2 Å². The highest BCUT2D eigenvalue weighted by molar-refractivity contribution is 7.89. The van der Waals surface area contributed by atoms with E-state index in [-0.39, 0.29) is 18.0 Å². The minimum atomic E-state index is -3.73. The van der Waals surface area contributed by atoms with E-state index in [0.29, 0.717) is 36.0 Å². The Morgan fingerprint density at radius 2 is 1.58 bits per heavy atom.